The molecule has 94 valence electrons. The minimum Gasteiger partial charge on any atom is -0.378 e. The fourth-order valence-corrected chi connectivity index (χ4v) is 3.74. The highest BCUT2D eigenvalue weighted by Gasteiger charge is 2.32. The first kappa shape index (κ1) is 13.6. The lowest BCUT2D eigenvalue weighted by Gasteiger charge is -2.22. The van der Waals surface area contributed by atoms with E-state index in [4.69, 9.17) is 4.74 Å². The molecule has 1 aliphatic rings. The molecule has 0 radical (unpaired) electrons. The second kappa shape index (κ2) is 6.35. The Bertz CT molecular complexity index is 350. The summed E-state index contributed by atoms with van der Waals surface area (Å²) in [4.78, 5) is 0.524. The average molecular weight is 362 g/mol. The molecule has 0 aromatic heterocycles. The van der Waals surface area contributed by atoms with Gasteiger partial charge in [-0.1, -0.05) is 50.9 Å². The van der Waals surface area contributed by atoms with Gasteiger partial charge < -0.3 is 4.74 Å². The number of benzene rings is 1. The van der Waals surface area contributed by atoms with Crippen molar-refractivity contribution in [3.05, 3.63) is 34.3 Å². The predicted molar refractivity (Wildman–Crippen MR) is 78.7 cm³/mol. The number of alkyl halides is 1. The summed E-state index contributed by atoms with van der Waals surface area (Å²) in [5.74, 6) is 0.656. The van der Waals surface area contributed by atoms with Crippen LogP contribution in [0.4, 0.5) is 0 Å². The van der Waals surface area contributed by atoms with Gasteiger partial charge in [0.15, 0.2) is 0 Å². The van der Waals surface area contributed by atoms with Crippen molar-refractivity contribution in [2.75, 3.05) is 6.61 Å². The molecule has 1 aliphatic heterocycles. The standard InChI is InChI=1S/C14H18Br2O/c1-2-14-12(7-8-17-14)13(16)9-10-3-5-11(15)6-4-10/h3-6,12-14H,2,7-9H2,1H3. The van der Waals surface area contributed by atoms with Gasteiger partial charge in [0.05, 0.1) is 6.10 Å². The highest BCUT2D eigenvalue weighted by Crippen LogP contribution is 2.32. The van der Waals surface area contributed by atoms with Crippen molar-refractivity contribution in [3.63, 3.8) is 0 Å². The summed E-state index contributed by atoms with van der Waals surface area (Å²) in [5.41, 5.74) is 1.39. The van der Waals surface area contributed by atoms with E-state index in [-0.39, 0.29) is 0 Å². The Morgan fingerprint density at radius 2 is 2.06 bits per heavy atom. The summed E-state index contributed by atoms with van der Waals surface area (Å²) in [6.45, 7) is 3.13. The average Bonchev–Trinajstić information content (AvgIpc) is 2.80. The van der Waals surface area contributed by atoms with Crippen molar-refractivity contribution >= 4 is 31.9 Å². The minimum atomic E-state index is 0.440. The zero-order valence-corrected chi connectivity index (χ0v) is 13.2. The smallest absolute Gasteiger partial charge is 0.0612 e. The zero-order chi connectivity index (χ0) is 12.3. The Morgan fingerprint density at radius 1 is 1.35 bits per heavy atom. The molecule has 1 aromatic rings. The molecule has 0 amide bonds. The van der Waals surface area contributed by atoms with Gasteiger partial charge in [0.2, 0.25) is 0 Å². The summed E-state index contributed by atoms with van der Waals surface area (Å²) in [6, 6.07) is 8.60. The molecule has 1 fully saturated rings. The molecular formula is C14H18Br2O. The van der Waals surface area contributed by atoms with Gasteiger partial charge in [0.25, 0.3) is 0 Å². The fraction of sp³-hybridized carbons (Fsp3) is 0.571. The SMILES string of the molecule is CCC1OCCC1C(Br)Cc1ccc(Br)cc1. The molecule has 3 heteroatoms. The van der Waals surface area contributed by atoms with Gasteiger partial charge in [-0.2, -0.15) is 0 Å². The van der Waals surface area contributed by atoms with Crippen LogP contribution in [0.15, 0.2) is 28.7 Å². The second-order valence-corrected chi connectivity index (χ2v) is 6.71. The van der Waals surface area contributed by atoms with Crippen molar-refractivity contribution in [2.45, 2.75) is 37.1 Å². The largest absolute Gasteiger partial charge is 0.378 e. The third-order valence-corrected chi connectivity index (χ3v) is 5.00. The molecular weight excluding hydrogens is 344 g/mol. The van der Waals surface area contributed by atoms with E-state index >= 15 is 0 Å². The van der Waals surface area contributed by atoms with E-state index < -0.39 is 0 Å². The fourth-order valence-electron chi connectivity index (χ4n) is 2.50. The molecule has 0 spiro atoms. The van der Waals surface area contributed by atoms with Gasteiger partial charge in [0, 0.05) is 21.8 Å². The molecule has 1 saturated heterocycles. The lowest BCUT2D eigenvalue weighted by atomic mass is 9.92. The van der Waals surface area contributed by atoms with Crippen LogP contribution in [0.2, 0.25) is 0 Å². The molecule has 3 unspecified atom stereocenters. The van der Waals surface area contributed by atoms with E-state index in [0.717, 1.165) is 23.9 Å². The summed E-state index contributed by atoms with van der Waals surface area (Å²) in [7, 11) is 0. The molecule has 0 bridgehead atoms. The number of hydrogen-bond acceptors (Lipinski definition) is 1. The lowest BCUT2D eigenvalue weighted by molar-refractivity contribution is 0.0873. The molecule has 1 aromatic carbocycles. The summed E-state index contributed by atoms with van der Waals surface area (Å²) in [6.07, 6.45) is 3.82. The van der Waals surface area contributed by atoms with Crippen LogP contribution in [-0.2, 0) is 11.2 Å². The van der Waals surface area contributed by atoms with Gasteiger partial charge in [-0.15, -0.1) is 0 Å². The summed E-state index contributed by atoms with van der Waals surface area (Å²) >= 11 is 7.32. The third-order valence-electron chi connectivity index (χ3n) is 3.47. The molecule has 0 saturated carbocycles. The number of hydrogen-bond donors (Lipinski definition) is 0. The Kier molecular flexibility index (Phi) is 5.07. The van der Waals surface area contributed by atoms with Crippen molar-refractivity contribution < 1.29 is 4.74 Å². The molecule has 0 N–H and O–H groups in total. The maximum atomic E-state index is 5.76. The number of halogens is 2. The van der Waals surface area contributed by atoms with Gasteiger partial charge in [0.1, 0.15) is 0 Å². The van der Waals surface area contributed by atoms with Gasteiger partial charge in [-0.25, -0.2) is 0 Å². The molecule has 1 nitrogen and oxygen atoms in total. The number of rotatable bonds is 4. The summed E-state index contributed by atoms with van der Waals surface area (Å²) in [5, 5.41) is 0. The normalized spacial score (nSPS) is 26.1. The Balaban J connectivity index is 1.96. The molecule has 0 aliphatic carbocycles. The topological polar surface area (TPSA) is 9.23 Å². The van der Waals surface area contributed by atoms with Crippen molar-refractivity contribution in [1.29, 1.82) is 0 Å². The van der Waals surface area contributed by atoms with E-state index in [2.05, 4.69) is 63.0 Å². The highest BCUT2D eigenvalue weighted by molar-refractivity contribution is 9.10. The molecule has 2 rings (SSSR count). The zero-order valence-electron chi connectivity index (χ0n) is 10.0. The Labute approximate surface area is 120 Å². The maximum Gasteiger partial charge on any atom is 0.0612 e. The molecule has 17 heavy (non-hydrogen) atoms. The van der Waals surface area contributed by atoms with E-state index in [1.54, 1.807) is 0 Å². The van der Waals surface area contributed by atoms with E-state index in [9.17, 15) is 0 Å². The first-order valence-corrected chi connectivity index (χ1v) is 7.91. The van der Waals surface area contributed by atoms with Gasteiger partial charge in [-0.05, 0) is 37.0 Å². The highest BCUT2D eigenvalue weighted by atomic mass is 79.9. The summed E-state index contributed by atoms with van der Waals surface area (Å²) < 4.78 is 6.90. The lowest BCUT2D eigenvalue weighted by Crippen LogP contribution is -2.25. The van der Waals surface area contributed by atoms with Crippen LogP contribution in [0.1, 0.15) is 25.3 Å². The van der Waals surface area contributed by atoms with E-state index in [1.165, 1.54) is 12.0 Å². The third kappa shape index (κ3) is 3.55. The minimum absolute atomic E-state index is 0.440. The van der Waals surface area contributed by atoms with E-state index in [1.807, 2.05) is 0 Å². The van der Waals surface area contributed by atoms with Gasteiger partial charge >= 0.3 is 0 Å². The predicted octanol–water partition coefficient (Wildman–Crippen LogP) is 4.57. The van der Waals surface area contributed by atoms with Crippen LogP contribution < -0.4 is 0 Å². The van der Waals surface area contributed by atoms with Crippen LogP contribution in [-0.4, -0.2) is 17.5 Å². The maximum absolute atomic E-state index is 5.76. The van der Waals surface area contributed by atoms with Crippen LogP contribution in [0, 0.1) is 5.92 Å². The molecule has 3 atom stereocenters. The Hall–Kier alpha value is 0.140. The van der Waals surface area contributed by atoms with Crippen LogP contribution in [0.5, 0.6) is 0 Å². The van der Waals surface area contributed by atoms with Crippen molar-refractivity contribution in [1.82, 2.24) is 0 Å². The van der Waals surface area contributed by atoms with Crippen molar-refractivity contribution in [3.8, 4) is 0 Å². The van der Waals surface area contributed by atoms with E-state index in [0.29, 0.717) is 16.8 Å². The van der Waals surface area contributed by atoms with Crippen molar-refractivity contribution in [2.24, 2.45) is 5.92 Å². The first-order valence-electron chi connectivity index (χ1n) is 6.21. The Morgan fingerprint density at radius 3 is 2.71 bits per heavy atom. The van der Waals surface area contributed by atoms with Gasteiger partial charge in [-0.3, -0.25) is 0 Å². The second-order valence-electron chi connectivity index (χ2n) is 4.62. The van der Waals surface area contributed by atoms with Crippen LogP contribution in [0.3, 0.4) is 0 Å². The van der Waals surface area contributed by atoms with Crippen LogP contribution >= 0.6 is 31.9 Å². The van der Waals surface area contributed by atoms with Crippen LogP contribution in [0.25, 0.3) is 0 Å². The quantitative estimate of drug-likeness (QED) is 0.713. The number of ether oxygens (including phenoxy) is 1. The molecule has 1 heterocycles. The first-order chi connectivity index (χ1) is 8.20. The monoisotopic (exact) mass is 360 g/mol.